The molecule has 0 aliphatic rings. The van der Waals surface area contributed by atoms with Gasteiger partial charge in [-0.15, -0.1) is 0 Å². The summed E-state index contributed by atoms with van der Waals surface area (Å²) in [5.74, 6) is -1.05. The number of nitrogens with one attached hydrogen (secondary N) is 1. The van der Waals surface area contributed by atoms with Gasteiger partial charge in [0.15, 0.2) is 0 Å². The molecule has 0 aromatic carbocycles. The molecule has 0 aliphatic heterocycles. The van der Waals surface area contributed by atoms with Gasteiger partial charge in [-0.05, 0) is 11.3 Å². The van der Waals surface area contributed by atoms with Crippen LogP contribution < -0.4 is 11.1 Å². The summed E-state index contributed by atoms with van der Waals surface area (Å²) >= 11 is 0. The molecular weight excluding hydrogens is 208 g/mol. The maximum Gasteiger partial charge on any atom is 0.305 e. The number of aliphatic carboxylic acids is 1. The van der Waals surface area contributed by atoms with Crippen molar-refractivity contribution >= 4 is 11.9 Å². The van der Waals surface area contributed by atoms with Gasteiger partial charge >= 0.3 is 5.97 Å². The minimum atomic E-state index is -1.06. The van der Waals surface area contributed by atoms with Crippen molar-refractivity contribution < 1.29 is 14.7 Å². The van der Waals surface area contributed by atoms with Gasteiger partial charge in [0.1, 0.15) is 0 Å². The van der Waals surface area contributed by atoms with E-state index in [9.17, 15) is 9.59 Å². The summed E-state index contributed by atoms with van der Waals surface area (Å²) in [5, 5.41) is 11.2. The molecule has 1 amide bonds. The molecule has 0 saturated carbocycles. The van der Waals surface area contributed by atoms with E-state index in [0.29, 0.717) is 12.5 Å². The largest absolute Gasteiger partial charge is 0.481 e. The Balaban J connectivity index is 4.12. The Morgan fingerprint density at radius 2 is 1.88 bits per heavy atom. The highest BCUT2D eigenvalue weighted by atomic mass is 16.4. The molecule has 4 N–H and O–H groups in total. The second kappa shape index (κ2) is 5.84. The van der Waals surface area contributed by atoms with E-state index in [1.54, 1.807) is 0 Å². The summed E-state index contributed by atoms with van der Waals surface area (Å²) in [6.45, 7) is 8.73. The van der Waals surface area contributed by atoms with Gasteiger partial charge in [-0.2, -0.15) is 0 Å². The Labute approximate surface area is 96.4 Å². The molecule has 0 aliphatic carbocycles. The molecule has 0 rings (SSSR count). The number of rotatable bonds is 6. The van der Waals surface area contributed by atoms with Crippen LogP contribution in [0.15, 0.2) is 0 Å². The van der Waals surface area contributed by atoms with Gasteiger partial charge in [-0.25, -0.2) is 0 Å². The van der Waals surface area contributed by atoms with Crippen molar-refractivity contribution in [2.24, 2.45) is 17.1 Å². The fraction of sp³-hybridized carbons (Fsp3) is 0.818. The lowest BCUT2D eigenvalue weighted by molar-refractivity contribution is -0.139. The predicted octanol–water partition coefficient (Wildman–Crippen LogP) is 0.587. The molecule has 5 heteroatoms. The fourth-order valence-electron chi connectivity index (χ4n) is 0.931. The first kappa shape index (κ1) is 14.9. The van der Waals surface area contributed by atoms with Crippen LogP contribution in [0.3, 0.4) is 0 Å². The highest BCUT2D eigenvalue weighted by Gasteiger charge is 2.24. The van der Waals surface area contributed by atoms with Crippen LogP contribution >= 0.6 is 0 Å². The van der Waals surface area contributed by atoms with Gasteiger partial charge < -0.3 is 16.2 Å². The van der Waals surface area contributed by atoms with Crippen molar-refractivity contribution in [3.63, 3.8) is 0 Å². The first-order valence-electron chi connectivity index (χ1n) is 5.42. The van der Waals surface area contributed by atoms with Crippen molar-refractivity contribution in [3.8, 4) is 0 Å². The van der Waals surface area contributed by atoms with E-state index >= 15 is 0 Å². The molecule has 94 valence electrons. The van der Waals surface area contributed by atoms with E-state index in [4.69, 9.17) is 10.8 Å². The predicted molar refractivity (Wildman–Crippen MR) is 61.9 cm³/mol. The average molecular weight is 230 g/mol. The summed E-state index contributed by atoms with van der Waals surface area (Å²) in [5.41, 5.74) is 5.40. The summed E-state index contributed by atoms with van der Waals surface area (Å²) in [4.78, 5) is 21.8. The number of carboxylic acids is 1. The van der Waals surface area contributed by atoms with E-state index in [1.165, 1.54) is 0 Å². The normalized spacial score (nSPS) is 13.6. The zero-order valence-corrected chi connectivity index (χ0v) is 10.4. The third kappa shape index (κ3) is 5.11. The Kier molecular flexibility index (Phi) is 5.44. The van der Waals surface area contributed by atoms with Crippen molar-refractivity contribution in [1.82, 2.24) is 5.32 Å². The van der Waals surface area contributed by atoms with Gasteiger partial charge in [0.05, 0.1) is 12.5 Å². The lowest BCUT2D eigenvalue weighted by Gasteiger charge is -2.29. The molecule has 16 heavy (non-hydrogen) atoms. The lowest BCUT2D eigenvalue weighted by Crippen LogP contribution is -2.46. The van der Waals surface area contributed by atoms with Crippen LogP contribution in [0.5, 0.6) is 0 Å². The van der Waals surface area contributed by atoms with Gasteiger partial charge in [0.25, 0.3) is 0 Å². The molecule has 0 bridgehead atoms. The van der Waals surface area contributed by atoms with Gasteiger partial charge in [0.2, 0.25) is 5.91 Å². The van der Waals surface area contributed by atoms with Crippen molar-refractivity contribution in [3.05, 3.63) is 0 Å². The zero-order chi connectivity index (χ0) is 12.9. The molecule has 5 nitrogen and oxygen atoms in total. The van der Waals surface area contributed by atoms with Crippen molar-refractivity contribution in [2.45, 2.75) is 40.2 Å². The van der Waals surface area contributed by atoms with Gasteiger partial charge in [-0.1, -0.05) is 27.7 Å². The second-order valence-electron chi connectivity index (χ2n) is 5.07. The molecule has 0 aromatic heterocycles. The highest BCUT2D eigenvalue weighted by molar-refractivity contribution is 5.85. The summed E-state index contributed by atoms with van der Waals surface area (Å²) in [7, 11) is 0. The van der Waals surface area contributed by atoms with Crippen LogP contribution in [0.2, 0.25) is 0 Å². The number of amides is 1. The van der Waals surface area contributed by atoms with Crippen LogP contribution in [0.4, 0.5) is 0 Å². The molecule has 1 atom stereocenters. The van der Waals surface area contributed by atoms with Crippen LogP contribution in [0.25, 0.3) is 0 Å². The number of carbonyl (C=O) groups is 2. The molecular formula is C11H22N2O3. The average Bonchev–Trinajstić information content (AvgIpc) is 2.12. The number of carboxylic acid groups (broad SMARTS) is 1. The van der Waals surface area contributed by atoms with Crippen LogP contribution in [-0.4, -0.2) is 29.6 Å². The topological polar surface area (TPSA) is 92.4 Å². The monoisotopic (exact) mass is 230 g/mol. The van der Waals surface area contributed by atoms with E-state index in [2.05, 4.69) is 19.2 Å². The number of carbonyl (C=O) groups excluding carboxylic acids is 1. The smallest absolute Gasteiger partial charge is 0.305 e. The molecule has 0 saturated heterocycles. The fourth-order valence-corrected chi connectivity index (χ4v) is 0.931. The lowest BCUT2D eigenvalue weighted by atomic mass is 9.81. The first-order chi connectivity index (χ1) is 7.16. The van der Waals surface area contributed by atoms with E-state index in [0.717, 1.165) is 0 Å². The van der Waals surface area contributed by atoms with Gasteiger partial charge in [-0.3, -0.25) is 9.59 Å². The molecule has 0 spiro atoms. The third-order valence-corrected chi connectivity index (χ3v) is 3.01. The van der Waals surface area contributed by atoms with Crippen LogP contribution in [-0.2, 0) is 9.59 Å². The maximum atomic E-state index is 11.4. The number of hydrogen-bond acceptors (Lipinski definition) is 3. The molecule has 0 radical (unpaired) electrons. The van der Waals surface area contributed by atoms with Gasteiger partial charge in [0, 0.05) is 6.54 Å². The SMILES string of the molecule is CC(C)C(C)(C)CNC(=O)C(N)CC(=O)O. The summed E-state index contributed by atoms with van der Waals surface area (Å²) in [6, 6.07) is -0.972. The van der Waals surface area contributed by atoms with Crippen LogP contribution in [0, 0.1) is 11.3 Å². The number of hydrogen-bond donors (Lipinski definition) is 3. The molecule has 0 heterocycles. The maximum absolute atomic E-state index is 11.4. The summed E-state index contributed by atoms with van der Waals surface area (Å²) in [6.07, 6.45) is -0.339. The highest BCUT2D eigenvalue weighted by Crippen LogP contribution is 2.24. The summed E-state index contributed by atoms with van der Waals surface area (Å²) < 4.78 is 0. The third-order valence-electron chi connectivity index (χ3n) is 3.01. The Morgan fingerprint density at radius 3 is 2.25 bits per heavy atom. The Morgan fingerprint density at radius 1 is 1.38 bits per heavy atom. The molecule has 1 unspecified atom stereocenters. The Bertz CT molecular complexity index is 262. The zero-order valence-electron chi connectivity index (χ0n) is 10.4. The first-order valence-corrected chi connectivity index (χ1v) is 5.42. The minimum absolute atomic E-state index is 0.0292. The second-order valence-corrected chi connectivity index (χ2v) is 5.07. The molecule has 0 aromatic rings. The standard InChI is InChI=1S/C11H22N2O3/c1-7(2)11(3,4)6-13-10(16)8(12)5-9(14)15/h7-8H,5-6,12H2,1-4H3,(H,13,16)(H,14,15). The van der Waals surface area contributed by atoms with Crippen molar-refractivity contribution in [2.75, 3.05) is 6.54 Å². The van der Waals surface area contributed by atoms with Crippen LogP contribution in [0.1, 0.15) is 34.1 Å². The minimum Gasteiger partial charge on any atom is -0.481 e. The quantitative estimate of drug-likeness (QED) is 0.622. The molecule has 0 fully saturated rings. The van der Waals surface area contributed by atoms with E-state index < -0.39 is 17.9 Å². The number of nitrogens with two attached hydrogens (primary N) is 1. The van der Waals surface area contributed by atoms with E-state index in [-0.39, 0.29) is 11.8 Å². The van der Waals surface area contributed by atoms with E-state index in [1.807, 2.05) is 13.8 Å². The Hall–Kier alpha value is -1.10. The van der Waals surface area contributed by atoms with Crippen molar-refractivity contribution in [1.29, 1.82) is 0 Å².